The highest BCUT2D eigenvalue weighted by molar-refractivity contribution is 7.88. The second kappa shape index (κ2) is 13.2. The van der Waals surface area contributed by atoms with Gasteiger partial charge >= 0.3 is 6.18 Å². The second-order valence-electron chi connectivity index (χ2n) is 11.6. The van der Waals surface area contributed by atoms with Gasteiger partial charge in [-0.25, -0.2) is 12.8 Å². The second-order valence-corrected chi connectivity index (χ2v) is 13.6. The molecule has 3 heterocycles. The van der Waals surface area contributed by atoms with Crippen LogP contribution in [0.3, 0.4) is 0 Å². The number of aromatic nitrogens is 2. The fourth-order valence-electron chi connectivity index (χ4n) is 5.96. The monoisotopic (exact) mass is 653 g/mol. The Morgan fingerprint density at radius 1 is 1.13 bits per heavy atom. The summed E-state index contributed by atoms with van der Waals surface area (Å²) in [5.74, 6) is -1.09. The molecule has 2 aliphatic heterocycles. The van der Waals surface area contributed by atoms with Crippen molar-refractivity contribution in [3.05, 3.63) is 76.2 Å². The van der Waals surface area contributed by atoms with Crippen LogP contribution in [0.1, 0.15) is 39.2 Å². The molecule has 0 saturated carbocycles. The number of likely N-dealkylation sites (tertiary alicyclic amines) is 1. The van der Waals surface area contributed by atoms with E-state index in [1.54, 1.807) is 4.68 Å². The van der Waals surface area contributed by atoms with Crippen molar-refractivity contribution in [2.24, 2.45) is 5.92 Å². The maximum absolute atomic E-state index is 14.0. The summed E-state index contributed by atoms with van der Waals surface area (Å²) in [6.45, 7) is 1.56. The van der Waals surface area contributed by atoms with Gasteiger partial charge < -0.3 is 20.4 Å². The first-order chi connectivity index (χ1) is 21.2. The van der Waals surface area contributed by atoms with E-state index in [1.807, 2.05) is 0 Å². The summed E-state index contributed by atoms with van der Waals surface area (Å²) in [5, 5.41) is 27.5. The highest BCUT2D eigenvalue weighted by Gasteiger charge is 2.35. The van der Waals surface area contributed by atoms with E-state index in [9.17, 15) is 41.0 Å². The third-order valence-corrected chi connectivity index (χ3v) is 9.53. The quantitative estimate of drug-likeness (QED) is 0.287. The largest absolute Gasteiger partial charge is 0.416 e. The Kier molecular flexibility index (Phi) is 9.65. The van der Waals surface area contributed by atoms with Crippen LogP contribution in [0.2, 0.25) is 0 Å². The number of sulfonamides is 1. The fourth-order valence-corrected chi connectivity index (χ4v) is 6.74. The van der Waals surface area contributed by atoms with E-state index < -0.39 is 46.1 Å². The maximum Gasteiger partial charge on any atom is 0.416 e. The van der Waals surface area contributed by atoms with Crippen LogP contribution in [0.25, 0.3) is 11.3 Å². The number of aliphatic hydroxyl groups excluding tert-OH is 2. The lowest BCUT2D eigenvalue weighted by Crippen LogP contribution is -2.37. The Morgan fingerprint density at radius 3 is 2.51 bits per heavy atom. The van der Waals surface area contributed by atoms with Gasteiger partial charge in [-0.2, -0.15) is 22.6 Å². The fraction of sp³-hybridized carbons (Fsp3) is 0.467. The first-order valence-electron chi connectivity index (χ1n) is 14.5. The Balaban J connectivity index is 1.46. The van der Waals surface area contributed by atoms with Gasteiger partial charge in [0.15, 0.2) is 0 Å². The summed E-state index contributed by atoms with van der Waals surface area (Å²) >= 11 is 0. The summed E-state index contributed by atoms with van der Waals surface area (Å²) in [7, 11) is -3.59. The van der Waals surface area contributed by atoms with E-state index in [1.165, 1.54) is 28.6 Å². The average molecular weight is 654 g/mol. The number of halogens is 4. The molecule has 1 saturated heterocycles. The van der Waals surface area contributed by atoms with Gasteiger partial charge in [0.25, 0.3) is 5.91 Å². The van der Waals surface area contributed by atoms with Crippen LogP contribution in [0.4, 0.5) is 17.6 Å². The smallest absolute Gasteiger partial charge is 0.396 e. The lowest BCUT2D eigenvalue weighted by molar-refractivity contribution is -0.138. The highest BCUT2D eigenvalue weighted by Crippen LogP contribution is 2.37. The summed E-state index contributed by atoms with van der Waals surface area (Å²) in [4.78, 5) is 14.7. The van der Waals surface area contributed by atoms with Crippen LogP contribution in [-0.4, -0.2) is 88.7 Å². The summed E-state index contributed by atoms with van der Waals surface area (Å²) in [6, 6.07) is 8.03. The molecule has 5 rings (SSSR count). The first kappa shape index (κ1) is 33.0. The third-order valence-electron chi connectivity index (χ3n) is 8.28. The van der Waals surface area contributed by atoms with E-state index in [-0.39, 0.29) is 49.0 Å². The molecule has 3 N–H and O–H groups in total. The Morgan fingerprint density at radius 2 is 1.87 bits per heavy atom. The lowest BCUT2D eigenvalue weighted by Gasteiger charge is -2.26. The lowest BCUT2D eigenvalue weighted by atomic mass is 9.97. The molecule has 1 aromatic heterocycles. The third kappa shape index (κ3) is 7.72. The van der Waals surface area contributed by atoms with Crippen LogP contribution in [0.15, 0.2) is 42.5 Å². The number of hydrogen-bond donors (Lipinski definition) is 3. The summed E-state index contributed by atoms with van der Waals surface area (Å²) in [5.41, 5.74) is 0.673. The van der Waals surface area contributed by atoms with Gasteiger partial charge in [0.2, 0.25) is 10.0 Å². The van der Waals surface area contributed by atoms with E-state index in [0.717, 1.165) is 37.4 Å². The number of rotatable bonds is 10. The van der Waals surface area contributed by atoms with Crippen molar-refractivity contribution >= 4 is 15.9 Å². The molecule has 10 nitrogen and oxygen atoms in total. The van der Waals surface area contributed by atoms with Crippen molar-refractivity contribution in [1.29, 1.82) is 0 Å². The molecule has 0 aliphatic carbocycles. The van der Waals surface area contributed by atoms with Crippen molar-refractivity contribution in [2.75, 3.05) is 39.0 Å². The number of alkyl halides is 3. The predicted octanol–water partition coefficient (Wildman–Crippen LogP) is 2.63. The number of aliphatic hydroxyl groups is 2. The average Bonchev–Trinajstić information content (AvgIpc) is 3.59. The van der Waals surface area contributed by atoms with Crippen LogP contribution in [-0.2, 0) is 42.3 Å². The van der Waals surface area contributed by atoms with Gasteiger partial charge in [-0.3, -0.25) is 9.48 Å². The Bertz CT molecular complexity index is 1650. The molecule has 244 valence electrons. The number of nitrogens with zero attached hydrogens (tertiary/aromatic N) is 4. The van der Waals surface area contributed by atoms with Crippen molar-refractivity contribution in [3.63, 3.8) is 0 Å². The molecule has 1 amide bonds. The highest BCUT2D eigenvalue weighted by atomic mass is 32.2. The number of amides is 1. The minimum Gasteiger partial charge on any atom is -0.396 e. The van der Waals surface area contributed by atoms with Crippen molar-refractivity contribution < 1.29 is 41.0 Å². The van der Waals surface area contributed by atoms with Gasteiger partial charge in [-0.15, -0.1) is 0 Å². The normalized spacial score (nSPS) is 18.6. The molecule has 0 spiro atoms. The van der Waals surface area contributed by atoms with Crippen molar-refractivity contribution in [1.82, 2.24) is 24.3 Å². The van der Waals surface area contributed by atoms with Gasteiger partial charge in [0, 0.05) is 68.1 Å². The molecule has 0 radical (unpaired) electrons. The van der Waals surface area contributed by atoms with Crippen LogP contribution in [0.5, 0.6) is 0 Å². The van der Waals surface area contributed by atoms with Gasteiger partial charge in [0.1, 0.15) is 5.82 Å². The zero-order chi connectivity index (χ0) is 32.5. The molecule has 2 aliphatic rings. The molecular weight excluding hydrogens is 618 g/mol. The first-order valence-corrected chi connectivity index (χ1v) is 16.4. The Hall–Kier alpha value is -3.37. The molecule has 3 aromatic rings. The number of β-amino-alcohol motifs (C(OH)–C–C–N with tert-alkyl or cyclic N) is 1. The molecule has 1 unspecified atom stereocenters. The van der Waals surface area contributed by atoms with E-state index >= 15 is 0 Å². The number of fused-ring (bicyclic) bond motifs is 1. The minimum atomic E-state index is -4.73. The van der Waals surface area contributed by atoms with Gasteiger partial charge in [-0.1, -0.05) is 6.07 Å². The number of hydrogen-bond acceptors (Lipinski definition) is 7. The summed E-state index contributed by atoms with van der Waals surface area (Å²) in [6.07, 6.45) is -3.36. The number of nitrogens with one attached hydrogen (secondary N) is 1. The minimum absolute atomic E-state index is 0.0401. The zero-order valence-electron chi connectivity index (χ0n) is 24.6. The van der Waals surface area contributed by atoms with Crippen molar-refractivity contribution in [3.8, 4) is 11.3 Å². The molecule has 45 heavy (non-hydrogen) atoms. The SMILES string of the molecule is CS(=O)(=O)N1CCc2c(c(-c3ccc(C(F)(F)F)c(CNC(=O)c4ccc(F)cc4)c3)nn2C[C@H](O)CN2CCC(CO)C2)C1. The van der Waals surface area contributed by atoms with E-state index in [4.69, 9.17) is 0 Å². The van der Waals surface area contributed by atoms with Gasteiger partial charge in [-0.05, 0) is 60.8 Å². The molecule has 2 aromatic carbocycles. The number of carbonyl (C=O) groups excluding carboxylic acids is 1. The Labute approximate surface area is 258 Å². The summed E-state index contributed by atoms with van der Waals surface area (Å²) < 4.78 is 83.0. The molecule has 1 fully saturated rings. The molecule has 2 atom stereocenters. The van der Waals surface area contributed by atoms with Gasteiger partial charge in [0.05, 0.1) is 30.2 Å². The van der Waals surface area contributed by atoms with E-state index in [2.05, 4.69) is 15.3 Å². The van der Waals surface area contributed by atoms with Crippen LogP contribution < -0.4 is 5.32 Å². The topological polar surface area (TPSA) is 128 Å². The van der Waals surface area contributed by atoms with Crippen LogP contribution in [0, 0.1) is 11.7 Å². The maximum atomic E-state index is 14.0. The zero-order valence-corrected chi connectivity index (χ0v) is 25.4. The molecule has 15 heteroatoms. The number of carbonyl (C=O) groups is 1. The standard InChI is InChI=1S/C30H35F4N5O5S/c1-45(43,44)38-11-9-27-25(17-38)28(36-39(27)16-24(41)15-37-10-8-19(14-37)18-40)21-4-7-26(30(32,33)34)22(12-21)13-35-29(42)20-2-5-23(31)6-3-20/h2-7,12,19,24,40-41H,8-11,13-18H2,1H3,(H,35,42)/t19?,24-/m1/s1. The predicted molar refractivity (Wildman–Crippen MR) is 157 cm³/mol. The van der Waals surface area contributed by atoms with Crippen LogP contribution >= 0.6 is 0 Å². The molecular formula is C30H35F4N5O5S. The van der Waals surface area contributed by atoms with Crippen molar-refractivity contribution in [2.45, 2.75) is 44.8 Å². The molecule has 0 bridgehead atoms. The number of benzene rings is 2. The van der Waals surface area contributed by atoms with E-state index in [0.29, 0.717) is 36.3 Å².